The van der Waals surface area contributed by atoms with Crippen LogP contribution in [-0.2, 0) is 7.05 Å². The van der Waals surface area contributed by atoms with E-state index in [-0.39, 0.29) is 6.04 Å². The van der Waals surface area contributed by atoms with Gasteiger partial charge in [0.15, 0.2) is 11.5 Å². The zero-order chi connectivity index (χ0) is 13.2. The third-order valence-corrected chi connectivity index (χ3v) is 3.34. The normalized spacial score (nSPS) is 15.3. The number of fused-ring (bicyclic) bond motifs is 1. The van der Waals surface area contributed by atoms with E-state index in [0.717, 1.165) is 22.8 Å². The number of rotatable bonds is 3. The van der Waals surface area contributed by atoms with Gasteiger partial charge in [0.2, 0.25) is 0 Å². The van der Waals surface area contributed by atoms with Crippen molar-refractivity contribution in [1.82, 2.24) is 14.9 Å². The van der Waals surface area contributed by atoms with Gasteiger partial charge in [-0.05, 0) is 24.7 Å². The summed E-state index contributed by atoms with van der Waals surface area (Å²) in [5.41, 5.74) is 2.24. The fourth-order valence-electron chi connectivity index (χ4n) is 2.37. The molecule has 100 valence electrons. The molecule has 0 bridgehead atoms. The van der Waals surface area contributed by atoms with Crippen LogP contribution in [0.25, 0.3) is 0 Å². The van der Waals surface area contributed by atoms with Crippen molar-refractivity contribution in [1.29, 1.82) is 0 Å². The van der Waals surface area contributed by atoms with Gasteiger partial charge in [-0.1, -0.05) is 6.07 Å². The van der Waals surface area contributed by atoms with Crippen LogP contribution in [0.2, 0.25) is 0 Å². The molecule has 5 nitrogen and oxygen atoms in total. The number of nitrogens with zero attached hydrogens (tertiary/aromatic N) is 2. The average molecular weight is 259 g/mol. The van der Waals surface area contributed by atoms with Crippen LogP contribution < -0.4 is 14.8 Å². The fourth-order valence-corrected chi connectivity index (χ4v) is 2.37. The summed E-state index contributed by atoms with van der Waals surface area (Å²) in [6.45, 7) is 1.22. The van der Waals surface area contributed by atoms with E-state index < -0.39 is 0 Å². The molecule has 19 heavy (non-hydrogen) atoms. The summed E-state index contributed by atoms with van der Waals surface area (Å²) in [6, 6.07) is 6.14. The Balaban J connectivity index is 1.98. The fraction of sp³-hybridized carbons (Fsp3) is 0.357. The average Bonchev–Trinajstić information content (AvgIpc) is 2.86. The first-order valence-corrected chi connectivity index (χ1v) is 6.32. The number of aryl methyl sites for hydroxylation is 1. The van der Waals surface area contributed by atoms with Gasteiger partial charge in [-0.25, -0.2) is 4.98 Å². The van der Waals surface area contributed by atoms with Crippen molar-refractivity contribution in [2.45, 2.75) is 6.04 Å². The Morgan fingerprint density at radius 1 is 1.26 bits per heavy atom. The highest BCUT2D eigenvalue weighted by Crippen LogP contribution is 2.34. The van der Waals surface area contributed by atoms with Crippen molar-refractivity contribution >= 4 is 0 Å². The van der Waals surface area contributed by atoms with E-state index in [1.165, 1.54) is 0 Å². The second kappa shape index (κ2) is 4.93. The third-order valence-electron chi connectivity index (χ3n) is 3.34. The van der Waals surface area contributed by atoms with Gasteiger partial charge in [-0.15, -0.1) is 0 Å². The van der Waals surface area contributed by atoms with Gasteiger partial charge in [-0.3, -0.25) is 0 Å². The molecule has 5 heteroatoms. The first-order valence-electron chi connectivity index (χ1n) is 6.32. The molecular formula is C14H17N3O2. The maximum atomic E-state index is 5.63. The zero-order valence-electron chi connectivity index (χ0n) is 11.1. The van der Waals surface area contributed by atoms with Gasteiger partial charge in [-0.2, -0.15) is 0 Å². The van der Waals surface area contributed by atoms with E-state index >= 15 is 0 Å². The lowest BCUT2D eigenvalue weighted by molar-refractivity contribution is 0.171. The van der Waals surface area contributed by atoms with Crippen molar-refractivity contribution in [2.24, 2.45) is 7.05 Å². The quantitative estimate of drug-likeness (QED) is 0.907. The van der Waals surface area contributed by atoms with Crippen molar-refractivity contribution in [2.75, 3.05) is 20.3 Å². The van der Waals surface area contributed by atoms with Crippen LogP contribution in [0.1, 0.15) is 17.3 Å². The van der Waals surface area contributed by atoms with Crippen LogP contribution in [0.3, 0.4) is 0 Å². The Morgan fingerprint density at radius 2 is 2.05 bits per heavy atom. The molecule has 1 aromatic heterocycles. The molecular weight excluding hydrogens is 242 g/mol. The van der Waals surface area contributed by atoms with Gasteiger partial charge in [0.25, 0.3) is 0 Å². The molecule has 0 aliphatic carbocycles. The van der Waals surface area contributed by atoms with Gasteiger partial charge in [0.1, 0.15) is 13.2 Å². The summed E-state index contributed by atoms with van der Waals surface area (Å²) in [4.78, 5) is 4.17. The first kappa shape index (κ1) is 12.0. The Hall–Kier alpha value is -2.01. The predicted octanol–water partition coefficient (Wildman–Crippen LogP) is 1.50. The van der Waals surface area contributed by atoms with Gasteiger partial charge < -0.3 is 19.4 Å². The minimum Gasteiger partial charge on any atom is -0.486 e. The van der Waals surface area contributed by atoms with Crippen LogP contribution in [0.4, 0.5) is 0 Å². The second-order valence-corrected chi connectivity index (χ2v) is 4.55. The highest BCUT2D eigenvalue weighted by molar-refractivity contribution is 5.46. The third kappa shape index (κ3) is 2.17. The Morgan fingerprint density at radius 3 is 2.74 bits per heavy atom. The molecule has 0 saturated carbocycles. The number of nitrogens with one attached hydrogen (secondary N) is 1. The number of benzene rings is 1. The molecule has 0 amide bonds. The topological polar surface area (TPSA) is 48.3 Å². The lowest BCUT2D eigenvalue weighted by atomic mass is 10.0. The molecule has 0 saturated heterocycles. The maximum absolute atomic E-state index is 5.63. The highest BCUT2D eigenvalue weighted by atomic mass is 16.6. The van der Waals surface area contributed by atoms with Crippen LogP contribution in [0.5, 0.6) is 11.5 Å². The molecule has 3 rings (SSSR count). The molecule has 2 heterocycles. The standard InChI is InChI=1S/C14H17N3O2/c1-15-14(11-8-16-9-17(11)2)10-3-4-12-13(7-10)19-6-5-18-12/h3-4,7-9,14-15H,5-6H2,1-2H3. The van der Waals surface area contributed by atoms with Crippen LogP contribution in [0.15, 0.2) is 30.7 Å². The molecule has 1 N–H and O–H groups in total. The number of hydrogen-bond acceptors (Lipinski definition) is 4. The summed E-state index contributed by atoms with van der Waals surface area (Å²) in [5, 5.41) is 3.31. The zero-order valence-corrected chi connectivity index (χ0v) is 11.1. The van der Waals surface area contributed by atoms with Crippen LogP contribution in [0, 0.1) is 0 Å². The molecule has 1 aliphatic heterocycles. The molecule has 0 spiro atoms. The van der Waals surface area contributed by atoms with Crippen LogP contribution in [-0.4, -0.2) is 29.8 Å². The van der Waals surface area contributed by atoms with Gasteiger partial charge in [0.05, 0.1) is 24.3 Å². The van der Waals surface area contributed by atoms with Gasteiger partial charge >= 0.3 is 0 Å². The Kier molecular flexibility index (Phi) is 3.13. The molecule has 2 aromatic rings. The molecule has 1 atom stereocenters. The van der Waals surface area contributed by atoms with Crippen LogP contribution >= 0.6 is 0 Å². The Labute approximate surface area is 112 Å². The minimum absolute atomic E-state index is 0.0864. The summed E-state index contributed by atoms with van der Waals surface area (Å²) in [7, 11) is 3.93. The molecule has 1 aliphatic rings. The number of ether oxygens (including phenoxy) is 2. The molecule has 0 radical (unpaired) electrons. The molecule has 0 fully saturated rings. The molecule has 1 unspecified atom stereocenters. The van der Waals surface area contributed by atoms with E-state index in [4.69, 9.17) is 9.47 Å². The SMILES string of the molecule is CNC(c1ccc2c(c1)OCCO2)c1cncn1C. The first-order chi connectivity index (χ1) is 9.29. The van der Waals surface area contributed by atoms with E-state index in [1.54, 1.807) is 6.33 Å². The monoisotopic (exact) mass is 259 g/mol. The van der Waals surface area contributed by atoms with E-state index in [9.17, 15) is 0 Å². The van der Waals surface area contributed by atoms with E-state index in [2.05, 4.69) is 16.4 Å². The largest absolute Gasteiger partial charge is 0.486 e. The Bertz CT molecular complexity index is 580. The lowest BCUT2D eigenvalue weighted by Crippen LogP contribution is -2.21. The summed E-state index contributed by atoms with van der Waals surface area (Å²) in [5.74, 6) is 1.63. The summed E-state index contributed by atoms with van der Waals surface area (Å²) < 4.78 is 13.2. The van der Waals surface area contributed by atoms with Crippen molar-refractivity contribution in [3.05, 3.63) is 42.0 Å². The van der Waals surface area contributed by atoms with Crippen molar-refractivity contribution in [3.63, 3.8) is 0 Å². The predicted molar refractivity (Wildman–Crippen MR) is 71.5 cm³/mol. The lowest BCUT2D eigenvalue weighted by Gasteiger charge is -2.22. The number of aromatic nitrogens is 2. The number of hydrogen-bond donors (Lipinski definition) is 1. The van der Waals surface area contributed by atoms with E-state index in [1.807, 2.05) is 37.0 Å². The molecule has 1 aromatic carbocycles. The summed E-state index contributed by atoms with van der Waals surface area (Å²) >= 11 is 0. The summed E-state index contributed by atoms with van der Waals surface area (Å²) in [6.07, 6.45) is 3.68. The smallest absolute Gasteiger partial charge is 0.161 e. The maximum Gasteiger partial charge on any atom is 0.161 e. The second-order valence-electron chi connectivity index (χ2n) is 4.55. The number of imidazole rings is 1. The highest BCUT2D eigenvalue weighted by Gasteiger charge is 2.19. The van der Waals surface area contributed by atoms with Crippen molar-refractivity contribution in [3.8, 4) is 11.5 Å². The minimum atomic E-state index is 0.0864. The van der Waals surface area contributed by atoms with Gasteiger partial charge in [0, 0.05) is 7.05 Å². The van der Waals surface area contributed by atoms with E-state index in [0.29, 0.717) is 13.2 Å². The van der Waals surface area contributed by atoms with Crippen molar-refractivity contribution < 1.29 is 9.47 Å².